The van der Waals surface area contributed by atoms with Crippen LogP contribution in [-0.4, -0.2) is 63.7 Å². The maximum Gasteiger partial charge on any atom is 0.274 e. The largest absolute Gasteiger partial charge is 0.378 e. The molecule has 2 aromatic rings. The van der Waals surface area contributed by atoms with Crippen molar-refractivity contribution in [2.75, 3.05) is 32.8 Å². The molecule has 0 radical (unpaired) electrons. The van der Waals surface area contributed by atoms with Crippen molar-refractivity contribution in [3.63, 3.8) is 0 Å². The highest BCUT2D eigenvalue weighted by molar-refractivity contribution is 7.09. The van der Waals surface area contributed by atoms with Crippen LogP contribution in [0.4, 0.5) is 0 Å². The van der Waals surface area contributed by atoms with Gasteiger partial charge in [-0.05, 0) is 6.42 Å². The van der Waals surface area contributed by atoms with E-state index in [0.717, 1.165) is 42.3 Å². The highest BCUT2D eigenvalue weighted by Crippen LogP contribution is 2.23. The van der Waals surface area contributed by atoms with E-state index in [0.29, 0.717) is 32.0 Å². The molecule has 2 aliphatic rings. The molecule has 23 heavy (non-hydrogen) atoms. The fraction of sp³-hybridized carbons (Fsp3) is 0.533. The first-order valence-electron chi connectivity index (χ1n) is 7.85. The van der Waals surface area contributed by atoms with E-state index in [1.807, 2.05) is 16.5 Å². The van der Waals surface area contributed by atoms with Crippen molar-refractivity contribution in [2.45, 2.75) is 19.5 Å². The van der Waals surface area contributed by atoms with E-state index in [2.05, 4.69) is 20.1 Å². The van der Waals surface area contributed by atoms with Gasteiger partial charge in [0.1, 0.15) is 5.01 Å². The highest BCUT2D eigenvalue weighted by Gasteiger charge is 2.28. The maximum atomic E-state index is 12.6. The number of thiazole rings is 1. The van der Waals surface area contributed by atoms with Crippen molar-refractivity contribution in [3.05, 3.63) is 33.5 Å². The molecule has 0 atom stereocenters. The molecule has 0 spiro atoms. The topological polar surface area (TPSA) is 74.4 Å². The van der Waals surface area contributed by atoms with Crippen molar-refractivity contribution in [3.8, 4) is 0 Å². The number of nitrogens with one attached hydrogen (secondary N) is 1. The summed E-state index contributed by atoms with van der Waals surface area (Å²) in [6, 6.07) is 0. The van der Waals surface area contributed by atoms with Gasteiger partial charge in [-0.3, -0.25) is 14.8 Å². The molecule has 7 nitrogen and oxygen atoms in total. The highest BCUT2D eigenvalue weighted by atomic mass is 32.1. The molecular weight excluding hydrogens is 314 g/mol. The minimum atomic E-state index is 0.0270. The van der Waals surface area contributed by atoms with Crippen LogP contribution in [0.15, 0.2) is 11.6 Å². The van der Waals surface area contributed by atoms with Crippen molar-refractivity contribution in [1.82, 2.24) is 25.0 Å². The molecule has 0 unspecified atom stereocenters. The van der Waals surface area contributed by atoms with Gasteiger partial charge in [0.2, 0.25) is 0 Å². The third-order valence-electron chi connectivity index (χ3n) is 4.36. The van der Waals surface area contributed by atoms with E-state index in [9.17, 15) is 4.79 Å². The number of nitrogens with zero attached hydrogens (tertiary/aromatic N) is 4. The predicted octanol–water partition coefficient (Wildman–Crippen LogP) is 0.897. The van der Waals surface area contributed by atoms with E-state index in [-0.39, 0.29) is 5.91 Å². The summed E-state index contributed by atoms with van der Waals surface area (Å²) in [5.74, 6) is 0.0270. The maximum absolute atomic E-state index is 12.6. The summed E-state index contributed by atoms with van der Waals surface area (Å²) in [4.78, 5) is 21.1. The zero-order valence-corrected chi connectivity index (χ0v) is 13.6. The van der Waals surface area contributed by atoms with Crippen LogP contribution in [-0.2, 0) is 24.2 Å². The quantitative estimate of drug-likeness (QED) is 0.903. The zero-order valence-electron chi connectivity index (χ0n) is 12.8. The lowest BCUT2D eigenvalue weighted by molar-refractivity contribution is 0.0298. The second-order valence-electron chi connectivity index (χ2n) is 5.82. The van der Waals surface area contributed by atoms with Crippen molar-refractivity contribution < 1.29 is 9.53 Å². The SMILES string of the molecule is O=C(c1n[nH]c2c1CCN(Cc1nccs1)C2)N1CCOCC1. The van der Waals surface area contributed by atoms with Crippen molar-refractivity contribution >= 4 is 17.2 Å². The Balaban J connectivity index is 1.47. The van der Waals surface area contributed by atoms with Gasteiger partial charge in [-0.1, -0.05) is 0 Å². The van der Waals surface area contributed by atoms with Crippen LogP contribution >= 0.6 is 11.3 Å². The van der Waals surface area contributed by atoms with Crippen molar-refractivity contribution in [2.24, 2.45) is 0 Å². The Morgan fingerprint density at radius 3 is 3.00 bits per heavy atom. The number of hydrogen-bond acceptors (Lipinski definition) is 6. The van der Waals surface area contributed by atoms with E-state index < -0.39 is 0 Å². The molecule has 0 aromatic carbocycles. The van der Waals surface area contributed by atoms with Gasteiger partial charge in [-0.15, -0.1) is 11.3 Å². The molecular formula is C15H19N5O2S. The molecule has 1 N–H and O–H groups in total. The van der Waals surface area contributed by atoms with Crippen LogP contribution in [0.3, 0.4) is 0 Å². The molecule has 2 aliphatic heterocycles. The van der Waals surface area contributed by atoms with Crippen LogP contribution in [0.25, 0.3) is 0 Å². The number of carbonyl (C=O) groups excluding carboxylic acids is 1. The smallest absolute Gasteiger partial charge is 0.274 e. The van der Waals surface area contributed by atoms with Crippen LogP contribution < -0.4 is 0 Å². The number of amides is 1. The first kappa shape index (κ1) is 14.8. The van der Waals surface area contributed by atoms with Gasteiger partial charge in [0, 0.05) is 43.3 Å². The lowest BCUT2D eigenvalue weighted by Crippen LogP contribution is -2.41. The van der Waals surface area contributed by atoms with Gasteiger partial charge in [0.15, 0.2) is 5.69 Å². The molecule has 1 amide bonds. The van der Waals surface area contributed by atoms with E-state index in [1.165, 1.54) is 0 Å². The number of morpholine rings is 1. The minimum absolute atomic E-state index is 0.0270. The summed E-state index contributed by atoms with van der Waals surface area (Å²) < 4.78 is 5.31. The summed E-state index contributed by atoms with van der Waals surface area (Å²) in [5.41, 5.74) is 2.73. The number of ether oxygens (including phenoxy) is 1. The number of fused-ring (bicyclic) bond motifs is 1. The second-order valence-corrected chi connectivity index (χ2v) is 6.80. The molecule has 0 saturated carbocycles. The van der Waals surface area contributed by atoms with Gasteiger partial charge in [-0.2, -0.15) is 5.10 Å². The van der Waals surface area contributed by atoms with Gasteiger partial charge >= 0.3 is 0 Å². The Morgan fingerprint density at radius 2 is 2.22 bits per heavy atom. The van der Waals surface area contributed by atoms with E-state index in [4.69, 9.17) is 4.74 Å². The number of hydrogen-bond donors (Lipinski definition) is 1. The number of H-pyrrole nitrogens is 1. The Labute approximate surface area is 138 Å². The molecule has 0 aliphatic carbocycles. The van der Waals surface area contributed by atoms with Crippen LogP contribution in [0.5, 0.6) is 0 Å². The molecule has 1 fully saturated rings. The van der Waals surface area contributed by atoms with Crippen LogP contribution in [0, 0.1) is 0 Å². The molecule has 0 bridgehead atoms. The number of rotatable bonds is 3. The minimum Gasteiger partial charge on any atom is -0.378 e. The first-order valence-corrected chi connectivity index (χ1v) is 8.73. The zero-order chi connectivity index (χ0) is 15.6. The molecule has 122 valence electrons. The normalized spacial score (nSPS) is 18.9. The fourth-order valence-corrected chi connectivity index (χ4v) is 3.78. The summed E-state index contributed by atoms with van der Waals surface area (Å²) in [6.07, 6.45) is 2.69. The number of aromatic amines is 1. The van der Waals surface area contributed by atoms with E-state index >= 15 is 0 Å². The molecule has 2 aromatic heterocycles. The monoisotopic (exact) mass is 333 g/mol. The summed E-state index contributed by atoms with van der Waals surface area (Å²) in [7, 11) is 0. The van der Waals surface area contributed by atoms with Crippen LogP contribution in [0.1, 0.15) is 26.8 Å². The van der Waals surface area contributed by atoms with Gasteiger partial charge in [0.05, 0.1) is 25.5 Å². The standard InChI is InChI=1S/C15H19N5O2S/c21-15(20-4-6-22-7-5-20)14-11-1-3-19(9-12(11)17-18-14)10-13-16-2-8-23-13/h2,8H,1,3-7,9-10H2,(H,17,18). The lowest BCUT2D eigenvalue weighted by atomic mass is 10.0. The van der Waals surface area contributed by atoms with Gasteiger partial charge in [-0.25, -0.2) is 4.98 Å². The first-order chi connectivity index (χ1) is 11.3. The Kier molecular flexibility index (Phi) is 4.11. The van der Waals surface area contributed by atoms with Crippen LogP contribution in [0.2, 0.25) is 0 Å². The second kappa shape index (κ2) is 6.38. The Bertz CT molecular complexity index is 678. The summed E-state index contributed by atoms with van der Waals surface area (Å²) >= 11 is 1.68. The van der Waals surface area contributed by atoms with Gasteiger partial charge in [0.25, 0.3) is 5.91 Å². The predicted molar refractivity (Wildman–Crippen MR) is 85.2 cm³/mol. The average Bonchev–Trinajstić information content (AvgIpc) is 3.24. The van der Waals surface area contributed by atoms with E-state index in [1.54, 1.807) is 11.3 Å². The molecule has 4 heterocycles. The number of aromatic nitrogens is 3. The lowest BCUT2D eigenvalue weighted by Gasteiger charge is -2.28. The third-order valence-corrected chi connectivity index (χ3v) is 5.12. The molecule has 8 heteroatoms. The number of carbonyl (C=O) groups is 1. The third kappa shape index (κ3) is 3.01. The Hall–Kier alpha value is -1.77. The fourth-order valence-electron chi connectivity index (χ4n) is 3.12. The average molecular weight is 333 g/mol. The van der Waals surface area contributed by atoms with Crippen molar-refractivity contribution in [1.29, 1.82) is 0 Å². The van der Waals surface area contributed by atoms with Gasteiger partial charge < -0.3 is 9.64 Å². The Morgan fingerprint density at radius 1 is 1.35 bits per heavy atom. The summed E-state index contributed by atoms with van der Waals surface area (Å²) in [6.45, 7) is 5.09. The molecule has 4 rings (SSSR count). The molecule has 1 saturated heterocycles. The summed E-state index contributed by atoms with van der Waals surface area (Å²) in [5, 5.41) is 10.5.